The SMILES string of the molecule is COc1ccc2nccc(CCC[C@@H]3CCN(CCCCc4cccc(F)c4)C[C@@H]3CC(=O)O)c2c1. The summed E-state index contributed by atoms with van der Waals surface area (Å²) in [6.45, 7) is 2.85. The maximum Gasteiger partial charge on any atom is 0.303 e. The Morgan fingerprint density at radius 2 is 2.00 bits per heavy atom. The minimum Gasteiger partial charge on any atom is -0.497 e. The number of nitrogens with zero attached hydrogens (tertiary/aromatic N) is 2. The minimum absolute atomic E-state index is 0.178. The lowest BCUT2D eigenvalue weighted by Gasteiger charge is -2.38. The van der Waals surface area contributed by atoms with Crippen molar-refractivity contribution in [1.29, 1.82) is 0 Å². The summed E-state index contributed by atoms with van der Waals surface area (Å²) in [5, 5.41) is 10.7. The third-order valence-corrected chi connectivity index (χ3v) is 7.55. The summed E-state index contributed by atoms with van der Waals surface area (Å²) in [4.78, 5) is 18.5. The van der Waals surface area contributed by atoms with Crippen LogP contribution in [0.4, 0.5) is 4.39 Å². The van der Waals surface area contributed by atoms with Gasteiger partial charge in [0.05, 0.1) is 12.6 Å². The van der Waals surface area contributed by atoms with Crippen molar-refractivity contribution >= 4 is 16.9 Å². The van der Waals surface area contributed by atoms with Gasteiger partial charge in [-0.05, 0) is 117 Å². The van der Waals surface area contributed by atoms with Crippen molar-refractivity contribution in [3.05, 3.63) is 71.7 Å². The van der Waals surface area contributed by atoms with Crippen molar-refractivity contribution in [3.8, 4) is 5.75 Å². The first kappa shape index (κ1) is 26.1. The third-order valence-electron chi connectivity index (χ3n) is 7.55. The van der Waals surface area contributed by atoms with Crippen LogP contribution in [0.15, 0.2) is 54.7 Å². The summed E-state index contributed by atoms with van der Waals surface area (Å²) in [6, 6.07) is 14.9. The number of carboxylic acid groups (broad SMARTS) is 1. The molecule has 6 heteroatoms. The number of aliphatic carboxylic acids is 1. The van der Waals surface area contributed by atoms with E-state index in [-0.39, 0.29) is 18.2 Å². The second-order valence-corrected chi connectivity index (χ2v) is 10.0. The number of pyridine rings is 1. The van der Waals surface area contributed by atoms with Crippen LogP contribution >= 0.6 is 0 Å². The van der Waals surface area contributed by atoms with Gasteiger partial charge in [-0.2, -0.15) is 0 Å². The van der Waals surface area contributed by atoms with Gasteiger partial charge < -0.3 is 14.7 Å². The lowest BCUT2D eigenvalue weighted by Crippen LogP contribution is -2.41. The molecule has 0 spiro atoms. The highest BCUT2D eigenvalue weighted by atomic mass is 19.1. The molecular formula is C30H37FN2O3. The van der Waals surface area contributed by atoms with Gasteiger partial charge in [0.1, 0.15) is 11.6 Å². The number of piperidine rings is 1. The van der Waals surface area contributed by atoms with E-state index in [0.29, 0.717) is 5.92 Å². The molecule has 0 bridgehead atoms. The standard InChI is InChI=1S/C30H37FN2O3/c1-36-27-11-12-29-28(20-27)24(13-15-32-29)9-5-8-23-14-17-33(21-25(23)19-30(34)35)16-3-2-6-22-7-4-10-26(31)18-22/h4,7,10-13,15,18,20,23,25H,2-3,5-6,8-9,14,16-17,19,21H2,1H3,(H,34,35)/t23-,25+/m1/s1. The van der Waals surface area contributed by atoms with Crippen molar-refractivity contribution in [2.75, 3.05) is 26.7 Å². The van der Waals surface area contributed by atoms with Crippen LogP contribution in [0, 0.1) is 17.7 Å². The van der Waals surface area contributed by atoms with Crippen molar-refractivity contribution < 1.29 is 19.0 Å². The van der Waals surface area contributed by atoms with E-state index in [1.807, 2.05) is 24.4 Å². The third kappa shape index (κ3) is 7.26. The van der Waals surface area contributed by atoms with Gasteiger partial charge in [-0.1, -0.05) is 12.1 Å². The lowest BCUT2D eigenvalue weighted by atomic mass is 9.79. The van der Waals surface area contributed by atoms with E-state index in [9.17, 15) is 14.3 Å². The molecular weight excluding hydrogens is 455 g/mol. The maximum absolute atomic E-state index is 13.4. The number of methoxy groups -OCH3 is 1. The molecule has 0 radical (unpaired) electrons. The molecule has 0 saturated carbocycles. The van der Waals surface area contributed by atoms with Crippen molar-refractivity contribution in [2.45, 2.75) is 51.4 Å². The molecule has 1 aliphatic heterocycles. The van der Waals surface area contributed by atoms with Gasteiger partial charge in [0.15, 0.2) is 0 Å². The number of carbonyl (C=O) groups is 1. The van der Waals surface area contributed by atoms with Crippen LogP contribution in [-0.2, 0) is 17.6 Å². The molecule has 1 saturated heterocycles. The van der Waals surface area contributed by atoms with Gasteiger partial charge in [0.2, 0.25) is 0 Å². The average Bonchev–Trinajstić information content (AvgIpc) is 2.87. The fourth-order valence-corrected chi connectivity index (χ4v) is 5.63. The van der Waals surface area contributed by atoms with Crippen LogP contribution in [0.3, 0.4) is 0 Å². The van der Waals surface area contributed by atoms with Crippen LogP contribution < -0.4 is 4.74 Å². The highest BCUT2D eigenvalue weighted by molar-refractivity contribution is 5.83. The van der Waals surface area contributed by atoms with Gasteiger partial charge >= 0.3 is 5.97 Å². The van der Waals surface area contributed by atoms with Crippen molar-refractivity contribution in [2.24, 2.45) is 11.8 Å². The molecule has 2 heterocycles. The fourth-order valence-electron chi connectivity index (χ4n) is 5.63. The first-order valence-electron chi connectivity index (χ1n) is 13.1. The molecule has 4 rings (SSSR count). The number of fused-ring (bicyclic) bond motifs is 1. The number of ether oxygens (including phenoxy) is 1. The van der Waals surface area contributed by atoms with E-state index in [0.717, 1.165) is 86.8 Å². The smallest absolute Gasteiger partial charge is 0.303 e. The Bertz CT molecular complexity index is 1150. The average molecular weight is 493 g/mol. The molecule has 0 amide bonds. The summed E-state index contributed by atoms with van der Waals surface area (Å²) in [5.74, 6) is 0.579. The number of hydrogen-bond donors (Lipinski definition) is 1. The van der Waals surface area contributed by atoms with E-state index >= 15 is 0 Å². The molecule has 1 aliphatic rings. The minimum atomic E-state index is -0.704. The van der Waals surface area contributed by atoms with Crippen LogP contribution in [0.25, 0.3) is 10.9 Å². The summed E-state index contributed by atoms with van der Waals surface area (Å²) in [5.41, 5.74) is 3.28. The number of carboxylic acids is 1. The van der Waals surface area contributed by atoms with E-state index in [1.165, 1.54) is 11.6 Å². The van der Waals surface area contributed by atoms with E-state index in [1.54, 1.807) is 19.2 Å². The first-order chi connectivity index (χ1) is 17.5. The summed E-state index contributed by atoms with van der Waals surface area (Å²) in [6.07, 6.45) is 9.10. The van der Waals surface area contributed by atoms with Gasteiger partial charge in [-0.3, -0.25) is 9.78 Å². The molecule has 0 aliphatic carbocycles. The summed E-state index contributed by atoms with van der Waals surface area (Å²) < 4.78 is 18.8. The fraction of sp³-hybridized carbons (Fsp3) is 0.467. The molecule has 2 atom stereocenters. The van der Waals surface area contributed by atoms with Gasteiger partial charge in [0, 0.05) is 24.5 Å². The van der Waals surface area contributed by atoms with Gasteiger partial charge in [-0.25, -0.2) is 4.39 Å². The molecule has 1 N–H and O–H groups in total. The Labute approximate surface area is 213 Å². The molecule has 36 heavy (non-hydrogen) atoms. The molecule has 3 aromatic rings. The van der Waals surface area contributed by atoms with Crippen LogP contribution in [0.1, 0.15) is 49.7 Å². The van der Waals surface area contributed by atoms with Crippen molar-refractivity contribution in [1.82, 2.24) is 9.88 Å². The lowest BCUT2D eigenvalue weighted by molar-refractivity contribution is -0.139. The highest BCUT2D eigenvalue weighted by Gasteiger charge is 2.30. The quantitative estimate of drug-likeness (QED) is 0.308. The Balaban J connectivity index is 1.27. The molecule has 0 unspecified atom stereocenters. The molecule has 2 aromatic carbocycles. The number of aryl methyl sites for hydroxylation is 2. The zero-order valence-electron chi connectivity index (χ0n) is 21.2. The molecule has 1 aromatic heterocycles. The topological polar surface area (TPSA) is 62.7 Å². The maximum atomic E-state index is 13.4. The summed E-state index contributed by atoms with van der Waals surface area (Å²) in [7, 11) is 1.68. The number of rotatable bonds is 12. The number of unbranched alkanes of at least 4 members (excludes halogenated alkanes) is 1. The number of hydrogen-bond acceptors (Lipinski definition) is 4. The van der Waals surface area contributed by atoms with Crippen LogP contribution in [0.5, 0.6) is 5.75 Å². The Morgan fingerprint density at radius 3 is 2.81 bits per heavy atom. The monoisotopic (exact) mass is 492 g/mol. The highest BCUT2D eigenvalue weighted by Crippen LogP contribution is 2.32. The Hall–Kier alpha value is -2.99. The first-order valence-corrected chi connectivity index (χ1v) is 13.1. The van der Waals surface area contributed by atoms with Gasteiger partial charge in [0.25, 0.3) is 0 Å². The molecule has 1 fully saturated rings. The number of halogens is 1. The number of likely N-dealkylation sites (tertiary alicyclic amines) is 1. The molecule has 192 valence electrons. The Morgan fingerprint density at radius 1 is 1.11 bits per heavy atom. The van der Waals surface area contributed by atoms with Crippen molar-refractivity contribution in [3.63, 3.8) is 0 Å². The normalized spacial score (nSPS) is 18.4. The van der Waals surface area contributed by atoms with Crippen LogP contribution in [-0.4, -0.2) is 47.7 Å². The largest absolute Gasteiger partial charge is 0.497 e. The number of benzene rings is 2. The zero-order valence-corrected chi connectivity index (χ0v) is 21.2. The Kier molecular flexibility index (Phi) is 9.29. The van der Waals surface area contributed by atoms with Gasteiger partial charge in [-0.15, -0.1) is 0 Å². The van der Waals surface area contributed by atoms with E-state index in [2.05, 4.69) is 22.0 Å². The zero-order chi connectivity index (χ0) is 25.3. The molecule has 5 nitrogen and oxygen atoms in total. The second kappa shape index (κ2) is 12.8. The van der Waals surface area contributed by atoms with E-state index in [4.69, 9.17) is 4.74 Å². The predicted octanol–water partition coefficient (Wildman–Crippen LogP) is 6.14. The number of aromatic nitrogens is 1. The van der Waals surface area contributed by atoms with E-state index < -0.39 is 5.97 Å². The summed E-state index contributed by atoms with van der Waals surface area (Å²) >= 11 is 0. The predicted molar refractivity (Wildman–Crippen MR) is 141 cm³/mol. The van der Waals surface area contributed by atoms with Crippen LogP contribution in [0.2, 0.25) is 0 Å². The second-order valence-electron chi connectivity index (χ2n) is 10.0.